The number of ether oxygens (including phenoxy) is 1. The van der Waals surface area contributed by atoms with Crippen LogP contribution in [-0.4, -0.2) is 21.9 Å². The van der Waals surface area contributed by atoms with Crippen LogP contribution in [0, 0.1) is 0 Å². The van der Waals surface area contributed by atoms with Crippen molar-refractivity contribution in [3.63, 3.8) is 0 Å². The Morgan fingerprint density at radius 2 is 1.74 bits per heavy atom. The lowest BCUT2D eigenvalue weighted by Crippen LogP contribution is -2.19. The number of benzene rings is 2. The van der Waals surface area contributed by atoms with Gasteiger partial charge in [0, 0.05) is 23.2 Å². The van der Waals surface area contributed by atoms with Crippen LogP contribution >= 0.6 is 0 Å². The van der Waals surface area contributed by atoms with Crippen LogP contribution in [0.1, 0.15) is 20.7 Å². The smallest absolute Gasteiger partial charge is 0.346 e. The molecule has 90 valence electrons. The Hall–Kier alpha value is -2.82. The number of fused-ring (bicyclic) bond motifs is 2. The Bertz CT molecular complexity index is 886. The molecule has 0 saturated carbocycles. The number of esters is 2. The maximum absolute atomic E-state index is 11.8. The summed E-state index contributed by atoms with van der Waals surface area (Å²) in [4.78, 5) is 32.0. The van der Waals surface area contributed by atoms with Gasteiger partial charge < -0.3 is 4.74 Å². The molecule has 0 bridgehead atoms. The molecule has 2 aromatic carbocycles. The minimum Gasteiger partial charge on any atom is -0.386 e. The van der Waals surface area contributed by atoms with Crippen molar-refractivity contribution in [1.29, 1.82) is 0 Å². The molecule has 0 amide bonds. The number of hydrogen-bond acceptors (Lipinski definition) is 5. The zero-order valence-corrected chi connectivity index (χ0v) is 9.58. The van der Waals surface area contributed by atoms with E-state index in [4.69, 9.17) is 4.74 Å². The number of rotatable bonds is 0. The maximum Gasteiger partial charge on any atom is 0.346 e. The molecule has 3 aromatic rings. The van der Waals surface area contributed by atoms with Crippen LogP contribution < -0.4 is 0 Å². The molecule has 19 heavy (non-hydrogen) atoms. The average molecular weight is 250 g/mol. The van der Waals surface area contributed by atoms with Gasteiger partial charge in [-0.05, 0) is 12.1 Å². The van der Waals surface area contributed by atoms with Gasteiger partial charge in [0.25, 0.3) is 0 Å². The Balaban J connectivity index is 2.34. The number of nitrogens with zero attached hydrogens (tertiary/aromatic N) is 2. The topological polar surface area (TPSA) is 69.2 Å². The van der Waals surface area contributed by atoms with Gasteiger partial charge in [-0.1, -0.05) is 12.1 Å². The van der Waals surface area contributed by atoms with Crippen LogP contribution in [0.2, 0.25) is 0 Å². The van der Waals surface area contributed by atoms with Crippen molar-refractivity contribution in [2.75, 3.05) is 0 Å². The summed E-state index contributed by atoms with van der Waals surface area (Å²) in [6, 6.07) is 6.82. The summed E-state index contributed by atoms with van der Waals surface area (Å²) in [5.74, 6) is -1.26. The minimum atomic E-state index is -0.638. The highest BCUT2D eigenvalue weighted by Gasteiger charge is 2.28. The van der Waals surface area contributed by atoms with Gasteiger partial charge in [-0.15, -0.1) is 0 Å². The number of carbonyl (C=O) groups is 2. The van der Waals surface area contributed by atoms with E-state index in [1.54, 1.807) is 30.6 Å². The zero-order valence-electron chi connectivity index (χ0n) is 9.58. The van der Waals surface area contributed by atoms with E-state index in [1.807, 2.05) is 6.07 Å². The summed E-state index contributed by atoms with van der Waals surface area (Å²) in [6.45, 7) is 0. The molecular formula is C14H6N2O3. The SMILES string of the molecule is O=C1OC(=O)c2cc3nccnc3c3cccc1c23. The van der Waals surface area contributed by atoms with Crippen LogP contribution in [0.15, 0.2) is 36.7 Å². The number of hydrogen-bond donors (Lipinski definition) is 0. The third-order valence-corrected chi connectivity index (χ3v) is 3.22. The molecule has 0 radical (unpaired) electrons. The average Bonchev–Trinajstić information content (AvgIpc) is 2.44. The van der Waals surface area contributed by atoms with E-state index in [9.17, 15) is 9.59 Å². The number of aromatic nitrogens is 2. The second kappa shape index (κ2) is 3.35. The first-order chi connectivity index (χ1) is 9.25. The third kappa shape index (κ3) is 1.24. The summed E-state index contributed by atoms with van der Waals surface area (Å²) in [6.07, 6.45) is 3.14. The fourth-order valence-corrected chi connectivity index (χ4v) is 2.44. The van der Waals surface area contributed by atoms with Crippen molar-refractivity contribution in [3.05, 3.63) is 47.8 Å². The van der Waals surface area contributed by atoms with Gasteiger partial charge in [-0.25, -0.2) is 9.59 Å². The van der Waals surface area contributed by atoms with E-state index in [0.29, 0.717) is 27.5 Å². The van der Waals surface area contributed by atoms with E-state index in [1.165, 1.54) is 0 Å². The highest BCUT2D eigenvalue weighted by molar-refractivity contribution is 6.24. The molecule has 4 rings (SSSR count). The highest BCUT2D eigenvalue weighted by Crippen LogP contribution is 2.32. The van der Waals surface area contributed by atoms with Crippen LogP contribution in [0.5, 0.6) is 0 Å². The molecule has 1 aromatic heterocycles. The van der Waals surface area contributed by atoms with Crippen LogP contribution in [0.3, 0.4) is 0 Å². The van der Waals surface area contributed by atoms with Crippen molar-refractivity contribution in [2.45, 2.75) is 0 Å². The predicted molar refractivity (Wildman–Crippen MR) is 66.8 cm³/mol. The summed E-state index contributed by atoms with van der Waals surface area (Å²) in [7, 11) is 0. The largest absolute Gasteiger partial charge is 0.386 e. The highest BCUT2D eigenvalue weighted by atomic mass is 16.6. The van der Waals surface area contributed by atoms with Crippen molar-refractivity contribution in [2.24, 2.45) is 0 Å². The van der Waals surface area contributed by atoms with Crippen LogP contribution in [-0.2, 0) is 4.74 Å². The zero-order chi connectivity index (χ0) is 13.0. The molecule has 5 heteroatoms. The monoisotopic (exact) mass is 250 g/mol. The summed E-state index contributed by atoms with van der Waals surface area (Å²) < 4.78 is 4.73. The molecular weight excluding hydrogens is 244 g/mol. The first kappa shape index (κ1) is 10.1. The molecule has 1 aliphatic heterocycles. The molecule has 0 saturated heterocycles. The third-order valence-electron chi connectivity index (χ3n) is 3.22. The molecule has 0 fully saturated rings. The van der Waals surface area contributed by atoms with Crippen molar-refractivity contribution in [1.82, 2.24) is 9.97 Å². The predicted octanol–water partition coefficient (Wildman–Crippen LogP) is 2.09. The fourth-order valence-electron chi connectivity index (χ4n) is 2.44. The van der Waals surface area contributed by atoms with Crippen LogP contribution in [0.25, 0.3) is 21.8 Å². The Morgan fingerprint density at radius 1 is 0.947 bits per heavy atom. The lowest BCUT2D eigenvalue weighted by atomic mass is 9.96. The van der Waals surface area contributed by atoms with E-state index < -0.39 is 11.9 Å². The van der Waals surface area contributed by atoms with Gasteiger partial charge in [0.2, 0.25) is 0 Å². The van der Waals surface area contributed by atoms with Crippen molar-refractivity contribution >= 4 is 33.7 Å². The first-order valence-electron chi connectivity index (χ1n) is 5.68. The minimum absolute atomic E-state index is 0.359. The van der Waals surface area contributed by atoms with Crippen molar-refractivity contribution < 1.29 is 14.3 Å². The Morgan fingerprint density at radius 3 is 2.63 bits per heavy atom. The lowest BCUT2D eigenvalue weighted by Gasteiger charge is -2.16. The van der Waals surface area contributed by atoms with E-state index >= 15 is 0 Å². The Labute approximate surface area is 106 Å². The van der Waals surface area contributed by atoms with E-state index in [-0.39, 0.29) is 0 Å². The molecule has 2 heterocycles. The normalized spacial score (nSPS) is 13.9. The molecule has 0 atom stereocenters. The summed E-state index contributed by atoms with van der Waals surface area (Å²) in [5, 5.41) is 1.33. The maximum atomic E-state index is 11.8. The Kier molecular flexibility index (Phi) is 1.79. The first-order valence-corrected chi connectivity index (χ1v) is 5.68. The van der Waals surface area contributed by atoms with Gasteiger partial charge in [0.15, 0.2) is 0 Å². The van der Waals surface area contributed by atoms with Gasteiger partial charge in [0.1, 0.15) is 0 Å². The quantitative estimate of drug-likeness (QED) is 0.347. The molecule has 0 aliphatic carbocycles. The van der Waals surface area contributed by atoms with Gasteiger partial charge >= 0.3 is 11.9 Å². The lowest BCUT2D eigenvalue weighted by molar-refractivity contribution is 0.0391. The number of cyclic esters (lactones) is 2. The second-order valence-corrected chi connectivity index (χ2v) is 4.25. The number of carbonyl (C=O) groups excluding carboxylic acids is 2. The molecule has 0 spiro atoms. The molecule has 0 unspecified atom stereocenters. The van der Waals surface area contributed by atoms with Gasteiger partial charge in [-0.3, -0.25) is 9.97 Å². The molecule has 5 nitrogen and oxygen atoms in total. The van der Waals surface area contributed by atoms with Gasteiger partial charge in [0.05, 0.1) is 22.2 Å². The van der Waals surface area contributed by atoms with E-state index in [0.717, 1.165) is 5.39 Å². The standard InChI is InChI=1S/C14H6N2O3/c17-13-8-3-1-2-7-11(8)9(14(18)19-13)6-10-12(7)16-5-4-15-10/h1-6H. The molecule has 0 N–H and O–H groups in total. The van der Waals surface area contributed by atoms with Crippen molar-refractivity contribution in [3.8, 4) is 0 Å². The summed E-state index contributed by atoms with van der Waals surface area (Å²) in [5.41, 5.74) is 2.02. The second-order valence-electron chi connectivity index (χ2n) is 4.25. The summed E-state index contributed by atoms with van der Waals surface area (Å²) >= 11 is 0. The van der Waals surface area contributed by atoms with Crippen LogP contribution in [0.4, 0.5) is 0 Å². The molecule has 1 aliphatic rings. The fraction of sp³-hybridized carbons (Fsp3) is 0. The van der Waals surface area contributed by atoms with E-state index in [2.05, 4.69) is 9.97 Å². The van der Waals surface area contributed by atoms with Gasteiger partial charge in [-0.2, -0.15) is 0 Å².